The molecule has 0 aliphatic heterocycles. The molecule has 0 unspecified atom stereocenters. The maximum Gasteiger partial charge on any atom is 0.0489 e. The Bertz CT molecular complexity index is 903. The van der Waals surface area contributed by atoms with Gasteiger partial charge in [-0.2, -0.15) is 0 Å². The van der Waals surface area contributed by atoms with Crippen LogP contribution in [0.4, 0.5) is 11.4 Å². The summed E-state index contributed by atoms with van der Waals surface area (Å²) in [6.45, 7) is 3.38. The molecule has 0 saturated heterocycles. The van der Waals surface area contributed by atoms with E-state index in [0.717, 1.165) is 19.4 Å². The highest BCUT2D eigenvalue weighted by Crippen LogP contribution is 2.35. The third kappa shape index (κ3) is 2.86. The highest BCUT2D eigenvalue weighted by Gasteiger charge is 2.18. The summed E-state index contributed by atoms with van der Waals surface area (Å²) in [6.07, 6.45) is 9.41. The third-order valence-electron chi connectivity index (χ3n) is 5.30. The van der Waals surface area contributed by atoms with Crippen molar-refractivity contribution in [1.29, 1.82) is 0 Å². The average Bonchev–Trinajstić information content (AvgIpc) is 2.99. The number of hydrogen-bond donors (Lipinski definition) is 0. The Morgan fingerprint density at radius 2 is 1.88 bits per heavy atom. The number of nitrogens with zero attached hydrogens (tertiary/aromatic N) is 2. The van der Waals surface area contributed by atoms with Gasteiger partial charge in [-0.15, -0.1) is 0 Å². The number of aromatic nitrogens is 1. The van der Waals surface area contributed by atoms with Crippen molar-refractivity contribution >= 4 is 28.4 Å². The van der Waals surface area contributed by atoms with E-state index in [0.29, 0.717) is 0 Å². The van der Waals surface area contributed by atoms with Crippen LogP contribution >= 0.6 is 0 Å². The summed E-state index contributed by atoms with van der Waals surface area (Å²) in [4.78, 5) is 2.27. The van der Waals surface area contributed by atoms with Crippen molar-refractivity contribution in [3.63, 3.8) is 0 Å². The van der Waals surface area contributed by atoms with Crippen LogP contribution in [0.3, 0.4) is 0 Å². The molecule has 4 rings (SSSR count). The molecular weight excluding hydrogens is 304 g/mol. The number of para-hydroxylation sites is 1. The van der Waals surface area contributed by atoms with Crippen molar-refractivity contribution in [2.24, 2.45) is 0 Å². The number of rotatable bonds is 5. The number of fused-ring (bicyclic) bond motifs is 3. The Morgan fingerprint density at radius 3 is 2.68 bits per heavy atom. The maximum absolute atomic E-state index is 2.52. The summed E-state index contributed by atoms with van der Waals surface area (Å²) in [5.74, 6) is 0. The molecule has 2 heteroatoms. The van der Waals surface area contributed by atoms with Crippen LogP contribution in [0.2, 0.25) is 0 Å². The minimum atomic E-state index is 1.11. The van der Waals surface area contributed by atoms with E-state index in [2.05, 4.69) is 84.1 Å². The van der Waals surface area contributed by atoms with Crippen LogP contribution in [0.5, 0.6) is 0 Å². The Balaban J connectivity index is 1.82. The van der Waals surface area contributed by atoms with Crippen LogP contribution in [0.1, 0.15) is 37.4 Å². The van der Waals surface area contributed by atoms with Gasteiger partial charge in [-0.25, -0.2) is 0 Å². The molecule has 3 aromatic rings. The van der Waals surface area contributed by atoms with Gasteiger partial charge < -0.3 is 9.47 Å². The first kappa shape index (κ1) is 16.0. The molecule has 2 aromatic carbocycles. The second-order valence-corrected chi connectivity index (χ2v) is 6.91. The third-order valence-corrected chi connectivity index (χ3v) is 5.30. The summed E-state index contributed by atoms with van der Waals surface area (Å²) in [5.41, 5.74) is 6.81. The molecule has 0 spiro atoms. The molecule has 1 aliphatic rings. The summed E-state index contributed by atoms with van der Waals surface area (Å²) in [5, 5.41) is 1.43. The van der Waals surface area contributed by atoms with E-state index in [1.807, 2.05) is 0 Å². The SMILES string of the molecule is CCCCn1c2c(c3cc(N(C)c4ccccc4)ccc31)CCC=C2. The molecule has 1 aliphatic carbocycles. The highest BCUT2D eigenvalue weighted by molar-refractivity contribution is 5.92. The zero-order chi connectivity index (χ0) is 17.2. The number of hydrogen-bond acceptors (Lipinski definition) is 1. The number of aryl methyl sites for hydroxylation is 2. The standard InChI is InChI=1S/C23H26N2/c1-3-4-16-25-22-13-9-8-12-20(22)21-17-19(14-15-23(21)25)24(2)18-10-6-5-7-11-18/h5-7,9-11,13-15,17H,3-4,8,12,16H2,1-2H3. The summed E-state index contributed by atoms with van der Waals surface area (Å²) >= 11 is 0. The summed E-state index contributed by atoms with van der Waals surface area (Å²) < 4.78 is 2.52. The van der Waals surface area contributed by atoms with Crippen LogP contribution in [0.15, 0.2) is 54.6 Å². The van der Waals surface area contributed by atoms with Gasteiger partial charge in [0.1, 0.15) is 0 Å². The molecular formula is C23H26N2. The van der Waals surface area contributed by atoms with E-state index < -0.39 is 0 Å². The van der Waals surface area contributed by atoms with E-state index >= 15 is 0 Å². The van der Waals surface area contributed by atoms with Crippen LogP contribution in [0.25, 0.3) is 17.0 Å². The lowest BCUT2D eigenvalue weighted by Gasteiger charge is -2.20. The predicted molar refractivity (Wildman–Crippen MR) is 109 cm³/mol. The first-order valence-corrected chi connectivity index (χ1v) is 9.40. The Labute approximate surface area is 150 Å². The van der Waals surface area contributed by atoms with Crippen LogP contribution in [-0.2, 0) is 13.0 Å². The van der Waals surface area contributed by atoms with Crippen molar-refractivity contribution in [3.8, 4) is 0 Å². The van der Waals surface area contributed by atoms with Gasteiger partial charge in [-0.1, -0.05) is 37.6 Å². The van der Waals surface area contributed by atoms with Crippen molar-refractivity contribution in [1.82, 2.24) is 4.57 Å². The molecule has 25 heavy (non-hydrogen) atoms. The number of benzene rings is 2. The summed E-state index contributed by atoms with van der Waals surface area (Å²) in [7, 11) is 2.15. The van der Waals surface area contributed by atoms with E-state index in [-0.39, 0.29) is 0 Å². The molecule has 1 aromatic heterocycles. The van der Waals surface area contributed by atoms with Gasteiger partial charge in [0.05, 0.1) is 0 Å². The van der Waals surface area contributed by atoms with Gasteiger partial charge in [-0.3, -0.25) is 0 Å². The Hall–Kier alpha value is -2.48. The van der Waals surface area contributed by atoms with E-state index in [4.69, 9.17) is 0 Å². The fraction of sp³-hybridized carbons (Fsp3) is 0.304. The average molecular weight is 330 g/mol. The van der Waals surface area contributed by atoms with Gasteiger partial charge in [0.15, 0.2) is 0 Å². The number of anilines is 2. The molecule has 0 fully saturated rings. The molecule has 0 amide bonds. The van der Waals surface area contributed by atoms with Gasteiger partial charge >= 0.3 is 0 Å². The molecule has 0 bridgehead atoms. The fourth-order valence-corrected chi connectivity index (χ4v) is 3.87. The zero-order valence-corrected chi connectivity index (χ0v) is 15.2. The van der Waals surface area contributed by atoms with Crippen molar-refractivity contribution < 1.29 is 0 Å². The smallest absolute Gasteiger partial charge is 0.0489 e. The number of allylic oxidation sites excluding steroid dienone is 1. The molecule has 0 N–H and O–H groups in total. The molecule has 0 atom stereocenters. The highest BCUT2D eigenvalue weighted by atomic mass is 15.1. The topological polar surface area (TPSA) is 8.17 Å². The van der Waals surface area contributed by atoms with Crippen LogP contribution < -0.4 is 4.90 Å². The van der Waals surface area contributed by atoms with Crippen molar-refractivity contribution in [3.05, 3.63) is 65.9 Å². The van der Waals surface area contributed by atoms with E-state index in [1.54, 1.807) is 0 Å². The molecule has 1 heterocycles. The first-order chi connectivity index (χ1) is 12.3. The molecule has 0 radical (unpaired) electrons. The Kier molecular flexibility index (Phi) is 4.35. The second-order valence-electron chi connectivity index (χ2n) is 6.91. The maximum atomic E-state index is 2.52. The van der Waals surface area contributed by atoms with Gasteiger partial charge in [0, 0.05) is 41.6 Å². The molecule has 128 valence electrons. The van der Waals surface area contributed by atoms with Gasteiger partial charge in [0.25, 0.3) is 0 Å². The minimum Gasteiger partial charge on any atom is -0.345 e. The Morgan fingerprint density at radius 1 is 1.04 bits per heavy atom. The second kappa shape index (κ2) is 6.79. The predicted octanol–water partition coefficient (Wildman–Crippen LogP) is 6.17. The van der Waals surface area contributed by atoms with E-state index in [9.17, 15) is 0 Å². The quantitative estimate of drug-likeness (QED) is 0.543. The monoisotopic (exact) mass is 330 g/mol. The van der Waals surface area contributed by atoms with Gasteiger partial charge in [-0.05, 0) is 61.2 Å². The lowest BCUT2D eigenvalue weighted by molar-refractivity contribution is 0.643. The van der Waals surface area contributed by atoms with Crippen LogP contribution in [-0.4, -0.2) is 11.6 Å². The van der Waals surface area contributed by atoms with Gasteiger partial charge in [0.2, 0.25) is 0 Å². The lowest BCUT2D eigenvalue weighted by Crippen LogP contribution is -2.09. The van der Waals surface area contributed by atoms with Crippen molar-refractivity contribution in [2.75, 3.05) is 11.9 Å². The normalized spacial score (nSPS) is 13.2. The summed E-state index contributed by atoms with van der Waals surface area (Å²) in [6, 6.07) is 17.5. The fourth-order valence-electron chi connectivity index (χ4n) is 3.87. The number of unbranched alkanes of at least 4 members (excludes halogenated alkanes) is 1. The van der Waals surface area contributed by atoms with E-state index in [1.165, 1.54) is 46.4 Å². The molecule has 2 nitrogen and oxygen atoms in total. The lowest BCUT2D eigenvalue weighted by atomic mass is 10.0. The zero-order valence-electron chi connectivity index (χ0n) is 15.2. The first-order valence-electron chi connectivity index (χ1n) is 9.40. The molecule has 0 saturated carbocycles. The van der Waals surface area contributed by atoms with Crippen LogP contribution in [0, 0.1) is 0 Å². The largest absolute Gasteiger partial charge is 0.345 e. The van der Waals surface area contributed by atoms with Crippen molar-refractivity contribution in [2.45, 2.75) is 39.2 Å². The minimum absolute atomic E-state index is 1.11.